The highest BCUT2D eigenvalue weighted by Crippen LogP contribution is 2.23. The maximum absolute atomic E-state index is 13.9. The lowest BCUT2D eigenvalue weighted by atomic mass is 10.1. The van der Waals surface area contributed by atoms with Crippen LogP contribution in [0.2, 0.25) is 0 Å². The Morgan fingerprint density at radius 2 is 1.96 bits per heavy atom. The second-order valence-corrected chi connectivity index (χ2v) is 5.86. The van der Waals surface area contributed by atoms with Crippen molar-refractivity contribution in [2.24, 2.45) is 11.7 Å². The number of halogens is 3. The Morgan fingerprint density at radius 3 is 2.58 bits per heavy atom. The van der Waals surface area contributed by atoms with Crippen molar-refractivity contribution in [2.45, 2.75) is 20.3 Å². The maximum Gasteiger partial charge on any atom is 0.256 e. The zero-order chi connectivity index (χ0) is 15.9. The molecule has 0 saturated carbocycles. The normalized spacial score (nSPS) is 16.7. The first-order valence-electron chi connectivity index (χ1n) is 7.43. The molecule has 0 bridgehead atoms. The summed E-state index contributed by atoms with van der Waals surface area (Å²) < 4.78 is 13.9. The molecule has 0 spiro atoms. The van der Waals surface area contributed by atoms with E-state index in [1.807, 2.05) is 13.8 Å². The van der Waals surface area contributed by atoms with Crippen molar-refractivity contribution in [3.8, 4) is 0 Å². The zero-order valence-corrected chi connectivity index (χ0v) is 15.2. The van der Waals surface area contributed by atoms with Gasteiger partial charge in [0.2, 0.25) is 0 Å². The molecule has 1 amide bonds. The second kappa shape index (κ2) is 8.05. The largest absolute Gasteiger partial charge is 0.338 e. The summed E-state index contributed by atoms with van der Waals surface area (Å²) in [4.78, 5) is 23.2. The molecule has 2 N–H and O–H groups in total. The van der Waals surface area contributed by atoms with E-state index < -0.39 is 5.82 Å². The molecule has 5 nitrogen and oxygen atoms in total. The fraction of sp³-hybridized carbons (Fsp3) is 0.438. The molecular formula is C16H21Cl2FN4O. The molecule has 3 rings (SSSR count). The number of nitrogens with two attached hydrogens (primary N) is 1. The van der Waals surface area contributed by atoms with Crippen LogP contribution >= 0.6 is 24.8 Å². The third kappa shape index (κ3) is 3.77. The van der Waals surface area contributed by atoms with Crippen LogP contribution in [-0.2, 0) is 0 Å². The molecule has 1 fully saturated rings. The Bertz CT molecular complexity index is 756. The van der Waals surface area contributed by atoms with E-state index in [9.17, 15) is 9.18 Å². The van der Waals surface area contributed by atoms with Crippen LogP contribution < -0.4 is 5.73 Å². The van der Waals surface area contributed by atoms with E-state index in [2.05, 4.69) is 9.97 Å². The minimum absolute atomic E-state index is 0. The fourth-order valence-electron chi connectivity index (χ4n) is 2.84. The smallest absolute Gasteiger partial charge is 0.256 e. The molecule has 2 heterocycles. The number of hydrogen-bond donors (Lipinski definition) is 1. The summed E-state index contributed by atoms with van der Waals surface area (Å²) in [6.45, 7) is 5.48. The summed E-state index contributed by atoms with van der Waals surface area (Å²) in [5, 5.41) is 0. The topological polar surface area (TPSA) is 72.1 Å². The molecule has 1 aliphatic heterocycles. The van der Waals surface area contributed by atoms with Crippen molar-refractivity contribution >= 4 is 41.8 Å². The molecule has 1 aromatic carbocycles. The lowest BCUT2D eigenvalue weighted by Gasteiger charge is -2.17. The molecule has 2 aromatic rings. The van der Waals surface area contributed by atoms with Gasteiger partial charge in [0.15, 0.2) is 0 Å². The van der Waals surface area contributed by atoms with Gasteiger partial charge in [0.1, 0.15) is 11.3 Å². The second-order valence-electron chi connectivity index (χ2n) is 5.86. The monoisotopic (exact) mass is 374 g/mol. The summed E-state index contributed by atoms with van der Waals surface area (Å²) in [5.74, 6) is -0.347. The van der Waals surface area contributed by atoms with Crippen LogP contribution in [0.25, 0.3) is 11.0 Å². The Morgan fingerprint density at radius 1 is 1.29 bits per heavy atom. The zero-order valence-electron chi connectivity index (χ0n) is 13.6. The standard InChI is InChI=1S/C16H19FN4O.2ClH/c1-9-10(2)20-15-13(5-12(17)6-14(15)19-9)16(22)21-4-3-11(7-18)8-21;;/h5-6,11H,3-4,7-8,18H2,1-2H3;2*1H. The van der Waals surface area contributed by atoms with Crippen LogP contribution in [0, 0.1) is 25.6 Å². The number of aryl methyl sites for hydroxylation is 2. The van der Waals surface area contributed by atoms with Gasteiger partial charge in [-0.25, -0.2) is 14.4 Å². The highest BCUT2D eigenvalue weighted by molar-refractivity contribution is 6.04. The summed E-state index contributed by atoms with van der Waals surface area (Å²) in [6.07, 6.45) is 0.888. The first kappa shape index (κ1) is 20.5. The third-order valence-electron chi connectivity index (χ3n) is 4.28. The Hall–Kier alpha value is -1.50. The third-order valence-corrected chi connectivity index (χ3v) is 4.28. The van der Waals surface area contributed by atoms with E-state index in [0.29, 0.717) is 36.6 Å². The Labute approximate surface area is 152 Å². The van der Waals surface area contributed by atoms with Crippen molar-refractivity contribution in [2.75, 3.05) is 19.6 Å². The SMILES string of the molecule is Cc1nc2cc(F)cc(C(=O)N3CCC(CN)C3)c2nc1C.Cl.Cl. The van der Waals surface area contributed by atoms with Gasteiger partial charge in [-0.3, -0.25) is 4.79 Å². The van der Waals surface area contributed by atoms with Crippen molar-refractivity contribution < 1.29 is 9.18 Å². The number of rotatable bonds is 2. The predicted molar refractivity (Wildman–Crippen MR) is 96.5 cm³/mol. The van der Waals surface area contributed by atoms with E-state index >= 15 is 0 Å². The van der Waals surface area contributed by atoms with E-state index in [-0.39, 0.29) is 36.3 Å². The molecule has 1 atom stereocenters. The molecule has 24 heavy (non-hydrogen) atoms. The summed E-state index contributed by atoms with van der Waals surface area (Å²) in [6, 6.07) is 2.57. The van der Waals surface area contributed by atoms with Gasteiger partial charge in [0.25, 0.3) is 5.91 Å². The van der Waals surface area contributed by atoms with Gasteiger partial charge in [-0.2, -0.15) is 0 Å². The van der Waals surface area contributed by atoms with Gasteiger partial charge in [0, 0.05) is 19.2 Å². The van der Waals surface area contributed by atoms with Crippen LogP contribution in [0.4, 0.5) is 4.39 Å². The number of nitrogens with zero attached hydrogens (tertiary/aromatic N) is 3. The lowest BCUT2D eigenvalue weighted by Crippen LogP contribution is -2.30. The maximum atomic E-state index is 13.9. The van der Waals surface area contributed by atoms with Crippen molar-refractivity contribution in [3.63, 3.8) is 0 Å². The minimum atomic E-state index is -0.469. The van der Waals surface area contributed by atoms with Gasteiger partial charge >= 0.3 is 0 Å². The van der Waals surface area contributed by atoms with Crippen LogP contribution in [0.3, 0.4) is 0 Å². The number of fused-ring (bicyclic) bond motifs is 1. The first-order chi connectivity index (χ1) is 10.5. The fourth-order valence-corrected chi connectivity index (χ4v) is 2.84. The molecule has 8 heteroatoms. The average Bonchev–Trinajstić information content (AvgIpc) is 2.96. The minimum Gasteiger partial charge on any atom is -0.338 e. The molecule has 1 aromatic heterocycles. The summed E-state index contributed by atoms with van der Waals surface area (Å²) in [5.41, 5.74) is 8.31. The number of carbonyl (C=O) groups excluding carboxylic acids is 1. The van der Waals surface area contributed by atoms with E-state index in [4.69, 9.17) is 5.73 Å². The van der Waals surface area contributed by atoms with Gasteiger partial charge in [-0.05, 0) is 38.8 Å². The Kier molecular flexibility index (Phi) is 6.89. The summed E-state index contributed by atoms with van der Waals surface area (Å²) in [7, 11) is 0. The van der Waals surface area contributed by atoms with Gasteiger partial charge in [0.05, 0.1) is 22.5 Å². The molecule has 0 radical (unpaired) electrons. The van der Waals surface area contributed by atoms with E-state index in [1.165, 1.54) is 12.1 Å². The number of aromatic nitrogens is 2. The van der Waals surface area contributed by atoms with Crippen LogP contribution in [0.5, 0.6) is 0 Å². The van der Waals surface area contributed by atoms with Crippen molar-refractivity contribution in [1.82, 2.24) is 14.9 Å². The van der Waals surface area contributed by atoms with Gasteiger partial charge in [-0.1, -0.05) is 0 Å². The average molecular weight is 375 g/mol. The van der Waals surface area contributed by atoms with Crippen LogP contribution in [0.15, 0.2) is 12.1 Å². The van der Waals surface area contributed by atoms with Crippen LogP contribution in [0.1, 0.15) is 28.2 Å². The van der Waals surface area contributed by atoms with Crippen LogP contribution in [-0.4, -0.2) is 40.4 Å². The predicted octanol–water partition coefficient (Wildman–Crippen LogP) is 2.65. The van der Waals surface area contributed by atoms with E-state index in [1.54, 1.807) is 4.90 Å². The summed E-state index contributed by atoms with van der Waals surface area (Å²) >= 11 is 0. The van der Waals surface area contributed by atoms with Gasteiger partial charge < -0.3 is 10.6 Å². The molecule has 132 valence electrons. The Balaban J connectivity index is 0.00000144. The molecule has 0 aliphatic carbocycles. The first-order valence-corrected chi connectivity index (χ1v) is 7.43. The number of amides is 1. The number of hydrogen-bond acceptors (Lipinski definition) is 4. The van der Waals surface area contributed by atoms with Gasteiger partial charge in [-0.15, -0.1) is 24.8 Å². The highest BCUT2D eigenvalue weighted by Gasteiger charge is 2.28. The number of carbonyl (C=O) groups is 1. The highest BCUT2D eigenvalue weighted by atomic mass is 35.5. The molecule has 1 unspecified atom stereocenters. The molecule has 1 aliphatic rings. The van der Waals surface area contributed by atoms with E-state index in [0.717, 1.165) is 17.8 Å². The van der Waals surface area contributed by atoms with Crippen molar-refractivity contribution in [3.05, 3.63) is 34.9 Å². The molecular weight excluding hydrogens is 354 g/mol. The lowest BCUT2D eigenvalue weighted by molar-refractivity contribution is 0.0789. The van der Waals surface area contributed by atoms with Crippen molar-refractivity contribution in [1.29, 1.82) is 0 Å². The number of benzene rings is 1. The number of likely N-dealkylation sites (tertiary alicyclic amines) is 1. The quantitative estimate of drug-likeness (QED) is 0.876. The molecule has 1 saturated heterocycles.